The van der Waals surface area contributed by atoms with Crippen molar-refractivity contribution in [3.05, 3.63) is 29.8 Å². The molecule has 1 heterocycles. The molecule has 0 saturated carbocycles. The number of alkyl halides is 2. The molecule has 0 aliphatic heterocycles. The van der Waals surface area contributed by atoms with Crippen LogP contribution in [-0.2, 0) is 0 Å². The summed E-state index contributed by atoms with van der Waals surface area (Å²) in [6, 6.07) is 5.87. The molecule has 1 aromatic heterocycles. The zero-order valence-corrected chi connectivity index (χ0v) is 11.6. The predicted octanol–water partition coefficient (Wildman–Crippen LogP) is 2.70. The first kappa shape index (κ1) is 14.7. The molecule has 0 atom stereocenters. The Morgan fingerprint density at radius 3 is 2.80 bits per heavy atom. The van der Waals surface area contributed by atoms with Crippen LogP contribution < -0.4 is 10.5 Å². The molecule has 0 aliphatic rings. The van der Waals surface area contributed by atoms with E-state index < -0.39 is 6.61 Å². The highest BCUT2D eigenvalue weighted by molar-refractivity contribution is 8.01. The largest absolute Gasteiger partial charge is 0.434 e. The van der Waals surface area contributed by atoms with Crippen LogP contribution in [0.5, 0.6) is 5.75 Å². The molecular formula is C11H9F2N3O2S2. The summed E-state index contributed by atoms with van der Waals surface area (Å²) in [6.07, 6.45) is 0. The van der Waals surface area contributed by atoms with Crippen LogP contribution in [0.2, 0.25) is 0 Å². The van der Waals surface area contributed by atoms with Gasteiger partial charge in [0, 0.05) is 0 Å². The van der Waals surface area contributed by atoms with E-state index in [-0.39, 0.29) is 22.8 Å². The van der Waals surface area contributed by atoms with Gasteiger partial charge in [-0.2, -0.15) is 8.78 Å². The summed E-state index contributed by atoms with van der Waals surface area (Å²) in [6.45, 7) is -2.97. The SMILES string of the molecule is Nc1nnc(SCC(=O)c2ccccc2OC(F)F)s1. The molecule has 2 N–H and O–H groups in total. The maximum Gasteiger partial charge on any atom is 0.387 e. The number of thioether (sulfide) groups is 1. The molecule has 0 radical (unpaired) electrons. The molecule has 1 aromatic carbocycles. The third kappa shape index (κ3) is 3.87. The van der Waals surface area contributed by atoms with E-state index in [1.807, 2.05) is 0 Å². The van der Waals surface area contributed by atoms with Crippen LogP contribution in [0.25, 0.3) is 0 Å². The lowest BCUT2D eigenvalue weighted by Gasteiger charge is -2.08. The maximum absolute atomic E-state index is 12.2. The molecular weight excluding hydrogens is 308 g/mol. The smallest absolute Gasteiger partial charge is 0.387 e. The van der Waals surface area contributed by atoms with Crippen molar-refractivity contribution in [2.24, 2.45) is 0 Å². The Morgan fingerprint density at radius 2 is 2.15 bits per heavy atom. The number of Topliss-reactive ketones (excluding diaryl/α,β-unsaturated/α-hetero) is 1. The van der Waals surface area contributed by atoms with Crippen molar-refractivity contribution in [3.63, 3.8) is 0 Å². The standard InChI is InChI=1S/C11H9F2N3O2S2/c12-9(13)18-8-4-2-1-3-6(8)7(17)5-19-11-16-15-10(14)20-11/h1-4,9H,5H2,(H2,14,15). The fraction of sp³-hybridized carbons (Fsp3) is 0.182. The minimum Gasteiger partial charge on any atom is -0.434 e. The second kappa shape index (κ2) is 6.62. The van der Waals surface area contributed by atoms with Gasteiger partial charge in [-0.25, -0.2) is 0 Å². The first-order chi connectivity index (χ1) is 9.56. The average Bonchev–Trinajstić information content (AvgIpc) is 2.82. The topological polar surface area (TPSA) is 78.1 Å². The molecule has 20 heavy (non-hydrogen) atoms. The van der Waals surface area contributed by atoms with Gasteiger partial charge in [-0.15, -0.1) is 10.2 Å². The predicted molar refractivity (Wildman–Crippen MR) is 72.4 cm³/mol. The lowest BCUT2D eigenvalue weighted by Crippen LogP contribution is -2.09. The van der Waals surface area contributed by atoms with E-state index in [0.29, 0.717) is 9.47 Å². The summed E-state index contributed by atoms with van der Waals surface area (Å²) in [5.74, 6) is -0.428. The van der Waals surface area contributed by atoms with E-state index >= 15 is 0 Å². The van der Waals surface area contributed by atoms with Crippen LogP contribution in [0.1, 0.15) is 10.4 Å². The number of anilines is 1. The normalized spacial score (nSPS) is 10.8. The summed E-state index contributed by atoms with van der Waals surface area (Å²) in [7, 11) is 0. The van der Waals surface area contributed by atoms with Crippen LogP contribution in [0, 0.1) is 0 Å². The molecule has 0 amide bonds. The van der Waals surface area contributed by atoms with Gasteiger partial charge in [0.1, 0.15) is 5.75 Å². The first-order valence-corrected chi connectivity index (χ1v) is 7.15. The van der Waals surface area contributed by atoms with Gasteiger partial charge in [-0.3, -0.25) is 4.79 Å². The van der Waals surface area contributed by atoms with Crippen molar-refractivity contribution in [1.82, 2.24) is 10.2 Å². The third-order valence-electron chi connectivity index (χ3n) is 2.15. The number of carbonyl (C=O) groups is 1. The molecule has 0 unspecified atom stereocenters. The number of nitrogens with two attached hydrogens (primary N) is 1. The van der Waals surface area contributed by atoms with E-state index in [1.54, 1.807) is 6.07 Å². The molecule has 5 nitrogen and oxygen atoms in total. The minimum absolute atomic E-state index is 0.0399. The van der Waals surface area contributed by atoms with Crippen LogP contribution in [0.3, 0.4) is 0 Å². The molecule has 0 saturated heterocycles. The molecule has 2 aromatic rings. The Hall–Kier alpha value is -1.74. The van der Waals surface area contributed by atoms with Gasteiger partial charge in [0.25, 0.3) is 0 Å². The number of rotatable bonds is 6. The van der Waals surface area contributed by atoms with E-state index in [9.17, 15) is 13.6 Å². The number of ether oxygens (including phenoxy) is 1. The van der Waals surface area contributed by atoms with E-state index in [1.165, 1.54) is 18.2 Å². The highest BCUT2D eigenvalue weighted by Crippen LogP contribution is 2.26. The van der Waals surface area contributed by atoms with Crippen molar-refractivity contribution in [3.8, 4) is 5.75 Å². The number of benzene rings is 1. The number of ketones is 1. The van der Waals surface area contributed by atoms with Crippen molar-refractivity contribution < 1.29 is 18.3 Å². The monoisotopic (exact) mass is 317 g/mol. The second-order valence-corrected chi connectivity index (χ2v) is 5.72. The zero-order chi connectivity index (χ0) is 14.5. The van der Waals surface area contributed by atoms with Crippen LogP contribution >= 0.6 is 23.1 Å². The summed E-state index contributed by atoms with van der Waals surface area (Å²) in [5, 5.41) is 7.68. The number of hydrogen-bond acceptors (Lipinski definition) is 7. The Morgan fingerprint density at radius 1 is 1.40 bits per heavy atom. The number of halogens is 2. The van der Waals surface area contributed by atoms with E-state index in [0.717, 1.165) is 23.1 Å². The van der Waals surface area contributed by atoms with Gasteiger partial charge >= 0.3 is 6.61 Å². The van der Waals surface area contributed by atoms with E-state index in [4.69, 9.17) is 5.73 Å². The number of aromatic nitrogens is 2. The van der Waals surface area contributed by atoms with Crippen LogP contribution in [0.15, 0.2) is 28.6 Å². The molecule has 0 bridgehead atoms. The van der Waals surface area contributed by atoms with Crippen LogP contribution in [0.4, 0.5) is 13.9 Å². The molecule has 0 fully saturated rings. The van der Waals surface area contributed by atoms with Crippen molar-refractivity contribution in [2.75, 3.05) is 11.5 Å². The van der Waals surface area contributed by atoms with Gasteiger partial charge in [0.05, 0.1) is 11.3 Å². The van der Waals surface area contributed by atoms with Crippen LogP contribution in [-0.4, -0.2) is 28.3 Å². The number of nitrogens with zero attached hydrogens (tertiary/aromatic N) is 2. The number of para-hydroxylation sites is 1. The van der Waals surface area contributed by atoms with Gasteiger partial charge in [-0.05, 0) is 12.1 Å². The molecule has 9 heteroatoms. The summed E-state index contributed by atoms with van der Waals surface area (Å²) >= 11 is 2.30. The highest BCUT2D eigenvalue weighted by Gasteiger charge is 2.16. The van der Waals surface area contributed by atoms with Gasteiger partial charge in [0.15, 0.2) is 10.1 Å². The Labute approximate surface area is 121 Å². The lowest BCUT2D eigenvalue weighted by molar-refractivity contribution is -0.0501. The maximum atomic E-state index is 12.2. The summed E-state index contributed by atoms with van der Waals surface area (Å²) in [4.78, 5) is 12.0. The number of carbonyl (C=O) groups excluding carboxylic acids is 1. The molecule has 106 valence electrons. The molecule has 0 spiro atoms. The lowest BCUT2D eigenvalue weighted by atomic mass is 10.1. The molecule has 2 rings (SSSR count). The Kier molecular flexibility index (Phi) is 4.85. The van der Waals surface area contributed by atoms with Crippen molar-refractivity contribution in [1.29, 1.82) is 0 Å². The highest BCUT2D eigenvalue weighted by atomic mass is 32.2. The minimum atomic E-state index is -2.97. The fourth-order valence-corrected chi connectivity index (χ4v) is 2.90. The van der Waals surface area contributed by atoms with Gasteiger partial charge in [-0.1, -0.05) is 35.2 Å². The number of hydrogen-bond donors (Lipinski definition) is 1. The summed E-state index contributed by atoms with van der Waals surface area (Å²) in [5.41, 5.74) is 5.53. The van der Waals surface area contributed by atoms with E-state index in [2.05, 4.69) is 14.9 Å². The summed E-state index contributed by atoms with van der Waals surface area (Å²) < 4.78 is 29.4. The second-order valence-electron chi connectivity index (χ2n) is 3.49. The van der Waals surface area contributed by atoms with Crippen molar-refractivity contribution in [2.45, 2.75) is 11.0 Å². The van der Waals surface area contributed by atoms with Crippen molar-refractivity contribution >= 4 is 34.0 Å². The quantitative estimate of drug-likeness (QED) is 0.652. The number of nitrogen functional groups attached to an aromatic ring is 1. The Balaban J connectivity index is 2.05. The Bertz CT molecular complexity index is 607. The van der Waals surface area contributed by atoms with Gasteiger partial charge < -0.3 is 10.5 Å². The zero-order valence-electron chi connectivity index (χ0n) is 9.95. The average molecular weight is 317 g/mol. The third-order valence-corrected chi connectivity index (χ3v) is 4.04. The van der Waals surface area contributed by atoms with Gasteiger partial charge in [0.2, 0.25) is 5.13 Å². The molecule has 0 aliphatic carbocycles. The fourth-order valence-electron chi connectivity index (χ4n) is 1.38. The first-order valence-electron chi connectivity index (χ1n) is 5.35.